The van der Waals surface area contributed by atoms with E-state index in [2.05, 4.69) is 4.89 Å². The second-order valence-electron chi connectivity index (χ2n) is 2.83. The summed E-state index contributed by atoms with van der Waals surface area (Å²) < 4.78 is 0. The number of carbonyl (C=O) groups is 1. The van der Waals surface area contributed by atoms with Gasteiger partial charge in [0.1, 0.15) is 0 Å². The van der Waals surface area contributed by atoms with Crippen molar-refractivity contribution in [3.8, 4) is 5.75 Å². The van der Waals surface area contributed by atoms with Gasteiger partial charge in [0.05, 0.1) is 6.42 Å². The van der Waals surface area contributed by atoms with Crippen molar-refractivity contribution in [1.82, 2.24) is 0 Å². The number of hydrogen-bond donors (Lipinski definition) is 0. The maximum Gasteiger partial charge on any atom is 0.359 e. The Labute approximate surface area is 69.8 Å². The molecule has 0 unspecified atom stereocenters. The maximum absolute atomic E-state index is 10.8. The SMILES string of the molecule is Cc1ccc2c(c1)OOC(=O)C2. The lowest BCUT2D eigenvalue weighted by Crippen LogP contribution is -2.17. The Morgan fingerprint density at radius 3 is 3.00 bits per heavy atom. The molecule has 0 saturated heterocycles. The van der Waals surface area contributed by atoms with Crippen LogP contribution in [0.15, 0.2) is 18.2 Å². The number of hydrogen-bond acceptors (Lipinski definition) is 3. The number of benzene rings is 1. The summed E-state index contributed by atoms with van der Waals surface area (Å²) in [4.78, 5) is 20.0. The molecule has 0 fully saturated rings. The normalized spacial score (nSPS) is 14.6. The van der Waals surface area contributed by atoms with Crippen molar-refractivity contribution >= 4 is 5.97 Å². The molecule has 2 rings (SSSR count). The van der Waals surface area contributed by atoms with Crippen LogP contribution in [0.2, 0.25) is 0 Å². The Morgan fingerprint density at radius 1 is 1.33 bits per heavy atom. The summed E-state index contributed by atoms with van der Waals surface area (Å²) in [7, 11) is 0. The molecule has 0 atom stereocenters. The Bertz CT molecular complexity index is 331. The van der Waals surface area contributed by atoms with E-state index >= 15 is 0 Å². The first kappa shape index (κ1) is 7.16. The topological polar surface area (TPSA) is 35.5 Å². The van der Waals surface area contributed by atoms with Crippen LogP contribution in [0.4, 0.5) is 0 Å². The standard InChI is InChI=1S/C9H8O3/c1-6-2-3-7-5-9(10)12-11-8(7)4-6/h2-4H,5H2,1H3. The zero-order chi connectivity index (χ0) is 8.55. The first-order valence-electron chi connectivity index (χ1n) is 3.72. The highest BCUT2D eigenvalue weighted by Gasteiger charge is 2.18. The van der Waals surface area contributed by atoms with Crippen LogP contribution in [-0.2, 0) is 16.1 Å². The van der Waals surface area contributed by atoms with Gasteiger partial charge in [-0.3, -0.25) is 9.78 Å². The monoisotopic (exact) mass is 164 g/mol. The highest BCUT2D eigenvalue weighted by atomic mass is 17.2. The molecule has 0 spiro atoms. The molecule has 0 N–H and O–H groups in total. The Kier molecular flexibility index (Phi) is 1.50. The van der Waals surface area contributed by atoms with Crippen molar-refractivity contribution in [3.05, 3.63) is 29.3 Å². The van der Waals surface area contributed by atoms with E-state index in [0.29, 0.717) is 12.2 Å². The van der Waals surface area contributed by atoms with Crippen molar-refractivity contribution in [1.29, 1.82) is 0 Å². The van der Waals surface area contributed by atoms with Gasteiger partial charge < -0.3 is 0 Å². The lowest BCUT2D eigenvalue weighted by molar-refractivity contribution is -0.218. The maximum atomic E-state index is 10.8. The molecule has 0 aliphatic carbocycles. The first-order chi connectivity index (χ1) is 5.75. The third-order valence-electron chi connectivity index (χ3n) is 1.78. The molecule has 0 amide bonds. The van der Waals surface area contributed by atoms with Crippen LogP contribution < -0.4 is 4.89 Å². The van der Waals surface area contributed by atoms with Crippen LogP contribution in [0.25, 0.3) is 0 Å². The van der Waals surface area contributed by atoms with E-state index in [-0.39, 0.29) is 5.97 Å². The molecule has 3 nitrogen and oxygen atoms in total. The average Bonchev–Trinajstić information content (AvgIpc) is 2.05. The summed E-state index contributed by atoms with van der Waals surface area (Å²) >= 11 is 0. The van der Waals surface area contributed by atoms with E-state index in [1.165, 1.54) is 0 Å². The first-order valence-corrected chi connectivity index (χ1v) is 3.72. The number of fused-ring (bicyclic) bond motifs is 1. The Balaban J connectivity index is 2.43. The minimum absolute atomic E-state index is 0.301. The molecule has 0 bridgehead atoms. The summed E-state index contributed by atoms with van der Waals surface area (Å²) in [6, 6.07) is 5.67. The average molecular weight is 164 g/mol. The van der Waals surface area contributed by atoms with Crippen molar-refractivity contribution in [2.45, 2.75) is 13.3 Å². The third-order valence-corrected chi connectivity index (χ3v) is 1.78. The van der Waals surface area contributed by atoms with Gasteiger partial charge in [-0.25, -0.2) is 4.79 Å². The summed E-state index contributed by atoms with van der Waals surface area (Å²) in [6.45, 7) is 1.96. The molecule has 1 aromatic rings. The number of carbonyl (C=O) groups excluding carboxylic acids is 1. The molecule has 0 radical (unpaired) electrons. The van der Waals surface area contributed by atoms with Gasteiger partial charge in [-0.15, -0.1) is 0 Å². The highest BCUT2D eigenvalue weighted by molar-refractivity contribution is 5.74. The molecule has 0 aromatic heterocycles. The fourth-order valence-electron chi connectivity index (χ4n) is 1.16. The second kappa shape index (κ2) is 2.52. The summed E-state index contributed by atoms with van der Waals surface area (Å²) in [6.07, 6.45) is 0.301. The second-order valence-corrected chi connectivity index (χ2v) is 2.83. The Morgan fingerprint density at radius 2 is 2.17 bits per heavy atom. The van der Waals surface area contributed by atoms with Gasteiger partial charge in [-0.1, -0.05) is 12.1 Å². The largest absolute Gasteiger partial charge is 0.359 e. The molecule has 1 aliphatic heterocycles. The number of rotatable bonds is 0. The molecular weight excluding hydrogens is 156 g/mol. The van der Waals surface area contributed by atoms with Crippen LogP contribution >= 0.6 is 0 Å². The van der Waals surface area contributed by atoms with Crippen LogP contribution in [0.5, 0.6) is 5.75 Å². The molecule has 62 valence electrons. The molecule has 1 aliphatic rings. The van der Waals surface area contributed by atoms with Gasteiger partial charge in [0.25, 0.3) is 0 Å². The predicted molar refractivity (Wildman–Crippen MR) is 41.6 cm³/mol. The van der Waals surface area contributed by atoms with Crippen LogP contribution in [0.1, 0.15) is 11.1 Å². The zero-order valence-electron chi connectivity index (χ0n) is 6.66. The van der Waals surface area contributed by atoms with Crippen LogP contribution in [-0.4, -0.2) is 5.97 Å². The molecule has 0 saturated carbocycles. The molecular formula is C9H8O3. The van der Waals surface area contributed by atoms with E-state index in [4.69, 9.17) is 4.89 Å². The van der Waals surface area contributed by atoms with E-state index in [1.54, 1.807) is 0 Å². The molecule has 1 aromatic carbocycles. The van der Waals surface area contributed by atoms with Crippen LogP contribution in [0.3, 0.4) is 0 Å². The smallest absolute Gasteiger partial charge is 0.287 e. The lowest BCUT2D eigenvalue weighted by Gasteiger charge is -2.14. The fraction of sp³-hybridized carbons (Fsp3) is 0.222. The van der Waals surface area contributed by atoms with Crippen molar-refractivity contribution in [2.75, 3.05) is 0 Å². The van der Waals surface area contributed by atoms with E-state index in [0.717, 1.165) is 11.1 Å². The zero-order valence-corrected chi connectivity index (χ0v) is 6.66. The fourth-order valence-corrected chi connectivity index (χ4v) is 1.16. The van der Waals surface area contributed by atoms with Gasteiger partial charge in [0.2, 0.25) is 0 Å². The third kappa shape index (κ3) is 1.13. The van der Waals surface area contributed by atoms with Crippen molar-refractivity contribution in [2.24, 2.45) is 0 Å². The summed E-state index contributed by atoms with van der Waals surface area (Å²) in [5, 5.41) is 0. The van der Waals surface area contributed by atoms with Crippen molar-refractivity contribution in [3.63, 3.8) is 0 Å². The van der Waals surface area contributed by atoms with E-state index < -0.39 is 0 Å². The van der Waals surface area contributed by atoms with Gasteiger partial charge in [0, 0.05) is 5.56 Å². The highest BCUT2D eigenvalue weighted by Crippen LogP contribution is 2.24. The van der Waals surface area contributed by atoms with Gasteiger partial charge in [-0.2, -0.15) is 0 Å². The summed E-state index contributed by atoms with van der Waals surface area (Å²) in [5.74, 6) is 0.306. The van der Waals surface area contributed by atoms with E-state index in [1.807, 2.05) is 25.1 Å². The number of aryl methyl sites for hydroxylation is 1. The molecule has 12 heavy (non-hydrogen) atoms. The van der Waals surface area contributed by atoms with Gasteiger partial charge in [0.15, 0.2) is 5.75 Å². The molecule has 3 heteroatoms. The van der Waals surface area contributed by atoms with Gasteiger partial charge in [-0.05, 0) is 18.6 Å². The van der Waals surface area contributed by atoms with E-state index in [9.17, 15) is 4.79 Å². The minimum Gasteiger partial charge on any atom is -0.287 e. The van der Waals surface area contributed by atoms with Gasteiger partial charge >= 0.3 is 5.97 Å². The predicted octanol–water partition coefficient (Wildman–Crippen LogP) is 1.39. The lowest BCUT2D eigenvalue weighted by atomic mass is 10.1. The Hall–Kier alpha value is -1.51. The van der Waals surface area contributed by atoms with Crippen LogP contribution in [0, 0.1) is 6.92 Å². The minimum atomic E-state index is -0.341. The molecule has 1 heterocycles. The quantitative estimate of drug-likeness (QED) is 0.543. The summed E-state index contributed by atoms with van der Waals surface area (Å²) in [5.41, 5.74) is 1.98. The van der Waals surface area contributed by atoms with Crippen molar-refractivity contribution < 1.29 is 14.6 Å².